The fourth-order valence-electron chi connectivity index (χ4n) is 3.68. The van der Waals surface area contributed by atoms with Gasteiger partial charge in [-0.2, -0.15) is 0 Å². The number of halogens is 1. The summed E-state index contributed by atoms with van der Waals surface area (Å²) in [5.74, 6) is 0.864. The minimum absolute atomic E-state index is 0.826. The van der Waals surface area contributed by atoms with Gasteiger partial charge < -0.3 is 9.80 Å². The SMILES string of the molecule is CN1CCCC2CN(c3ccc(CBr)cc3)CCC21. The van der Waals surface area contributed by atoms with E-state index in [0.29, 0.717) is 0 Å². The zero-order chi connectivity index (χ0) is 13.2. The maximum atomic E-state index is 3.51. The van der Waals surface area contributed by atoms with Crippen molar-refractivity contribution >= 4 is 21.6 Å². The van der Waals surface area contributed by atoms with Gasteiger partial charge >= 0.3 is 0 Å². The van der Waals surface area contributed by atoms with Crippen molar-refractivity contribution < 1.29 is 0 Å². The summed E-state index contributed by atoms with van der Waals surface area (Å²) in [5, 5.41) is 0.947. The van der Waals surface area contributed by atoms with Crippen LogP contribution in [0.25, 0.3) is 0 Å². The van der Waals surface area contributed by atoms with Crippen LogP contribution in [0, 0.1) is 5.92 Å². The Morgan fingerprint density at radius 2 is 1.95 bits per heavy atom. The Morgan fingerprint density at radius 1 is 1.16 bits per heavy atom. The number of alkyl halides is 1. The third-order valence-corrected chi connectivity index (χ3v) is 5.45. The summed E-state index contributed by atoms with van der Waals surface area (Å²) in [6.07, 6.45) is 4.10. The van der Waals surface area contributed by atoms with Gasteiger partial charge in [-0.05, 0) is 56.5 Å². The zero-order valence-electron chi connectivity index (χ0n) is 11.7. The molecule has 0 saturated carbocycles. The van der Waals surface area contributed by atoms with Crippen LogP contribution < -0.4 is 4.90 Å². The van der Waals surface area contributed by atoms with Gasteiger partial charge in [-0.3, -0.25) is 0 Å². The molecule has 0 aliphatic carbocycles. The van der Waals surface area contributed by atoms with Crippen LogP contribution >= 0.6 is 15.9 Å². The van der Waals surface area contributed by atoms with Crippen molar-refractivity contribution in [2.75, 3.05) is 31.6 Å². The van der Waals surface area contributed by atoms with E-state index in [0.717, 1.165) is 17.3 Å². The highest BCUT2D eigenvalue weighted by Gasteiger charge is 2.34. The molecule has 104 valence electrons. The average Bonchev–Trinajstić information content (AvgIpc) is 2.47. The van der Waals surface area contributed by atoms with Crippen LogP contribution in [0.5, 0.6) is 0 Å². The van der Waals surface area contributed by atoms with Gasteiger partial charge in [0.25, 0.3) is 0 Å². The van der Waals surface area contributed by atoms with Gasteiger partial charge in [-0.25, -0.2) is 0 Å². The molecule has 2 fully saturated rings. The Morgan fingerprint density at radius 3 is 2.68 bits per heavy atom. The lowest BCUT2D eigenvalue weighted by Gasteiger charge is -2.46. The summed E-state index contributed by atoms with van der Waals surface area (Å²) in [7, 11) is 2.30. The zero-order valence-corrected chi connectivity index (χ0v) is 13.3. The number of benzene rings is 1. The minimum Gasteiger partial charge on any atom is -0.371 e. The van der Waals surface area contributed by atoms with Crippen LogP contribution in [0.4, 0.5) is 5.69 Å². The standard InChI is InChI=1S/C16H23BrN2/c1-18-9-2-3-14-12-19(10-8-16(14)18)15-6-4-13(11-17)5-7-15/h4-7,14,16H,2-3,8-12H2,1H3. The van der Waals surface area contributed by atoms with Gasteiger partial charge in [-0.15, -0.1) is 0 Å². The molecule has 0 spiro atoms. The van der Waals surface area contributed by atoms with Crippen molar-refractivity contribution in [2.24, 2.45) is 5.92 Å². The fourth-order valence-corrected chi connectivity index (χ4v) is 4.06. The summed E-state index contributed by atoms with van der Waals surface area (Å²) in [4.78, 5) is 5.16. The molecule has 0 bridgehead atoms. The van der Waals surface area contributed by atoms with E-state index in [9.17, 15) is 0 Å². The molecule has 3 rings (SSSR count). The molecular formula is C16H23BrN2. The highest BCUT2D eigenvalue weighted by atomic mass is 79.9. The van der Waals surface area contributed by atoms with Crippen molar-refractivity contribution in [1.82, 2.24) is 4.90 Å². The Kier molecular flexibility index (Phi) is 4.13. The molecule has 19 heavy (non-hydrogen) atoms. The first-order chi connectivity index (χ1) is 9.28. The molecule has 0 N–H and O–H groups in total. The van der Waals surface area contributed by atoms with Crippen LogP contribution in [-0.2, 0) is 5.33 Å². The second-order valence-electron chi connectivity index (χ2n) is 5.99. The van der Waals surface area contributed by atoms with Crippen molar-refractivity contribution in [1.29, 1.82) is 0 Å². The Hall–Kier alpha value is -0.540. The topological polar surface area (TPSA) is 6.48 Å². The van der Waals surface area contributed by atoms with E-state index in [-0.39, 0.29) is 0 Å². The molecule has 0 radical (unpaired) electrons. The number of likely N-dealkylation sites (tertiary alicyclic amines) is 1. The molecular weight excluding hydrogens is 300 g/mol. The summed E-state index contributed by atoms with van der Waals surface area (Å²) >= 11 is 3.51. The average molecular weight is 323 g/mol. The van der Waals surface area contributed by atoms with E-state index in [1.54, 1.807) is 0 Å². The third kappa shape index (κ3) is 2.82. The molecule has 2 aliphatic rings. The van der Waals surface area contributed by atoms with E-state index in [1.165, 1.54) is 50.1 Å². The number of nitrogens with zero attached hydrogens (tertiary/aromatic N) is 2. The minimum atomic E-state index is 0.826. The highest BCUT2D eigenvalue weighted by molar-refractivity contribution is 9.08. The van der Waals surface area contributed by atoms with Crippen LogP contribution in [-0.4, -0.2) is 37.6 Å². The lowest BCUT2D eigenvalue weighted by molar-refractivity contribution is 0.102. The summed E-state index contributed by atoms with van der Waals surface area (Å²) in [5.41, 5.74) is 2.76. The molecule has 2 saturated heterocycles. The molecule has 1 aromatic carbocycles. The smallest absolute Gasteiger partial charge is 0.0366 e. The number of anilines is 1. The molecule has 1 aromatic rings. The summed E-state index contributed by atoms with van der Waals surface area (Å²) < 4.78 is 0. The molecule has 0 aromatic heterocycles. The van der Waals surface area contributed by atoms with Crippen LogP contribution in [0.15, 0.2) is 24.3 Å². The normalized spacial score (nSPS) is 28.2. The summed E-state index contributed by atoms with van der Waals surface area (Å²) in [6, 6.07) is 9.87. The quantitative estimate of drug-likeness (QED) is 0.769. The van der Waals surface area contributed by atoms with E-state index in [1.807, 2.05) is 0 Å². The maximum absolute atomic E-state index is 3.51. The molecule has 3 heteroatoms. The molecule has 2 unspecified atom stereocenters. The Bertz CT molecular complexity index is 417. The van der Waals surface area contributed by atoms with Gasteiger partial charge in [0.05, 0.1) is 0 Å². The number of fused-ring (bicyclic) bond motifs is 1. The molecule has 0 amide bonds. The van der Waals surface area contributed by atoms with Crippen molar-refractivity contribution in [3.63, 3.8) is 0 Å². The third-order valence-electron chi connectivity index (χ3n) is 4.80. The Labute approximate surface area is 124 Å². The van der Waals surface area contributed by atoms with Crippen LogP contribution in [0.2, 0.25) is 0 Å². The van der Waals surface area contributed by atoms with Crippen LogP contribution in [0.3, 0.4) is 0 Å². The second kappa shape index (κ2) is 5.84. The van der Waals surface area contributed by atoms with Gasteiger partial charge in [0.2, 0.25) is 0 Å². The number of hydrogen-bond acceptors (Lipinski definition) is 2. The van der Waals surface area contributed by atoms with E-state index in [4.69, 9.17) is 0 Å². The highest BCUT2D eigenvalue weighted by Crippen LogP contribution is 2.32. The van der Waals surface area contributed by atoms with Gasteiger partial charge in [-0.1, -0.05) is 28.1 Å². The first-order valence-electron chi connectivity index (χ1n) is 7.38. The number of rotatable bonds is 2. The van der Waals surface area contributed by atoms with Crippen molar-refractivity contribution in [2.45, 2.75) is 30.6 Å². The molecule has 2 heterocycles. The molecule has 2 atom stereocenters. The monoisotopic (exact) mass is 322 g/mol. The number of piperidine rings is 2. The predicted molar refractivity (Wildman–Crippen MR) is 85.0 cm³/mol. The lowest BCUT2D eigenvalue weighted by atomic mass is 9.84. The fraction of sp³-hybridized carbons (Fsp3) is 0.625. The molecule has 2 aliphatic heterocycles. The number of hydrogen-bond donors (Lipinski definition) is 0. The van der Waals surface area contributed by atoms with E-state index in [2.05, 4.69) is 57.0 Å². The largest absolute Gasteiger partial charge is 0.371 e. The first kappa shape index (κ1) is 13.4. The maximum Gasteiger partial charge on any atom is 0.0366 e. The van der Waals surface area contributed by atoms with Gasteiger partial charge in [0, 0.05) is 30.1 Å². The summed E-state index contributed by atoms with van der Waals surface area (Å²) in [6.45, 7) is 3.74. The predicted octanol–water partition coefficient (Wildman–Crippen LogP) is 3.50. The second-order valence-corrected chi connectivity index (χ2v) is 6.55. The Balaban J connectivity index is 1.69. The van der Waals surface area contributed by atoms with E-state index < -0.39 is 0 Å². The first-order valence-corrected chi connectivity index (χ1v) is 8.50. The van der Waals surface area contributed by atoms with Gasteiger partial charge in [0.15, 0.2) is 0 Å². The lowest BCUT2D eigenvalue weighted by Crippen LogP contribution is -2.52. The van der Waals surface area contributed by atoms with Crippen molar-refractivity contribution in [3.8, 4) is 0 Å². The van der Waals surface area contributed by atoms with Crippen molar-refractivity contribution in [3.05, 3.63) is 29.8 Å². The van der Waals surface area contributed by atoms with E-state index >= 15 is 0 Å². The molecule has 2 nitrogen and oxygen atoms in total. The van der Waals surface area contributed by atoms with Gasteiger partial charge in [0.1, 0.15) is 0 Å². The van der Waals surface area contributed by atoms with Crippen LogP contribution in [0.1, 0.15) is 24.8 Å².